The minimum Gasteiger partial charge on any atom is -0.456 e. The van der Waals surface area contributed by atoms with Gasteiger partial charge in [0.25, 0.3) is 0 Å². The van der Waals surface area contributed by atoms with Crippen molar-refractivity contribution in [3.8, 4) is 0 Å². The second-order valence-corrected chi connectivity index (χ2v) is 5.78. The van der Waals surface area contributed by atoms with Crippen LogP contribution in [-0.2, 0) is 9.53 Å². The van der Waals surface area contributed by atoms with Crippen molar-refractivity contribution in [2.45, 2.75) is 61.0 Å². The first kappa shape index (κ1) is 16.0. The normalized spacial score (nSPS) is 11.1. The number of rotatable bonds is 4. The van der Waals surface area contributed by atoms with E-state index < -0.39 is 5.60 Å². The van der Waals surface area contributed by atoms with Crippen LogP contribution in [0, 0.1) is 5.92 Å². The molecule has 0 N–H and O–H groups in total. The highest BCUT2D eigenvalue weighted by Gasteiger charge is 2.28. The van der Waals surface area contributed by atoms with Crippen LogP contribution < -0.4 is 0 Å². The molecular formula is C15H26O2. The molecule has 0 radical (unpaired) electrons. The second kappa shape index (κ2) is 6.04. The topological polar surface area (TPSA) is 26.3 Å². The van der Waals surface area contributed by atoms with Crippen LogP contribution in [0.3, 0.4) is 0 Å². The first-order valence-electron chi connectivity index (χ1n) is 6.13. The Kier molecular flexibility index (Phi) is 5.67. The van der Waals surface area contributed by atoms with Crippen molar-refractivity contribution in [3.05, 3.63) is 22.8 Å². The largest absolute Gasteiger partial charge is 0.456 e. The number of carbonyl (C=O) groups excluding carboxylic acids is 1. The average Bonchev–Trinajstić information content (AvgIpc) is 2.12. The van der Waals surface area contributed by atoms with Gasteiger partial charge >= 0.3 is 5.97 Å². The molecule has 17 heavy (non-hydrogen) atoms. The fraction of sp³-hybridized carbons (Fsp3) is 0.667. The summed E-state index contributed by atoms with van der Waals surface area (Å²) in [6, 6.07) is 0. The molecule has 2 nitrogen and oxygen atoms in total. The third-order valence-corrected chi connectivity index (χ3v) is 2.94. The zero-order chi connectivity index (χ0) is 13.8. The summed E-state index contributed by atoms with van der Waals surface area (Å²) >= 11 is 0. The summed E-state index contributed by atoms with van der Waals surface area (Å²) in [7, 11) is 0. The number of carbonyl (C=O) groups is 1. The Morgan fingerprint density at radius 3 is 1.88 bits per heavy atom. The second-order valence-electron chi connectivity index (χ2n) is 5.78. The maximum Gasteiger partial charge on any atom is 0.338 e. The van der Waals surface area contributed by atoms with Crippen molar-refractivity contribution in [2.75, 3.05) is 0 Å². The summed E-state index contributed by atoms with van der Waals surface area (Å²) in [5.74, 6) is 0.0569. The Bertz CT molecular complexity index is 336. The minimum atomic E-state index is -0.437. The zero-order valence-corrected chi connectivity index (χ0v) is 12.5. The molecule has 0 aromatic heterocycles. The molecule has 0 aromatic rings. The molecule has 0 amide bonds. The molecule has 0 fully saturated rings. The van der Waals surface area contributed by atoms with Gasteiger partial charge in [0.1, 0.15) is 5.60 Å². The fourth-order valence-electron chi connectivity index (χ4n) is 1.11. The molecule has 0 aromatic carbocycles. The molecule has 98 valence electrons. The van der Waals surface area contributed by atoms with Crippen LogP contribution in [0.25, 0.3) is 0 Å². The molecular weight excluding hydrogens is 212 g/mol. The van der Waals surface area contributed by atoms with Gasteiger partial charge in [0.15, 0.2) is 0 Å². The molecule has 0 aliphatic heterocycles. The zero-order valence-electron chi connectivity index (χ0n) is 12.5. The molecule has 0 spiro atoms. The lowest BCUT2D eigenvalue weighted by molar-refractivity contribution is -0.155. The highest BCUT2D eigenvalue weighted by molar-refractivity contribution is 5.92. The number of ether oxygens (including phenoxy) is 1. The van der Waals surface area contributed by atoms with Gasteiger partial charge in [0.05, 0.1) is 5.57 Å². The monoisotopic (exact) mass is 238 g/mol. The van der Waals surface area contributed by atoms with Crippen molar-refractivity contribution in [3.63, 3.8) is 0 Å². The van der Waals surface area contributed by atoms with E-state index in [0.29, 0.717) is 5.57 Å². The molecule has 0 aliphatic carbocycles. The first-order chi connectivity index (χ1) is 7.58. The molecule has 0 saturated heterocycles. The highest BCUT2D eigenvalue weighted by atomic mass is 16.6. The average molecular weight is 238 g/mol. The van der Waals surface area contributed by atoms with E-state index in [4.69, 9.17) is 4.74 Å². The number of hydrogen-bond donors (Lipinski definition) is 0. The Labute approximate surface area is 106 Å². The number of esters is 1. The fourth-order valence-corrected chi connectivity index (χ4v) is 1.11. The van der Waals surface area contributed by atoms with E-state index >= 15 is 0 Å². The predicted octanol–water partition coefficient (Wildman–Crippen LogP) is 4.27. The van der Waals surface area contributed by atoms with Gasteiger partial charge in [-0.2, -0.15) is 0 Å². The van der Waals surface area contributed by atoms with Crippen LogP contribution in [0.15, 0.2) is 22.8 Å². The highest BCUT2D eigenvalue weighted by Crippen LogP contribution is 2.23. The number of hydrogen-bond acceptors (Lipinski definition) is 2. The summed E-state index contributed by atoms with van der Waals surface area (Å²) < 4.78 is 5.58. The Balaban J connectivity index is 5.05. The Hall–Kier alpha value is -1.05. The predicted molar refractivity (Wildman–Crippen MR) is 72.8 cm³/mol. The third kappa shape index (κ3) is 5.20. The van der Waals surface area contributed by atoms with E-state index in [1.165, 1.54) is 0 Å². The number of allylic oxidation sites excluding steroid dienone is 2. The van der Waals surface area contributed by atoms with Gasteiger partial charge in [0, 0.05) is 0 Å². The van der Waals surface area contributed by atoms with E-state index in [2.05, 4.69) is 13.8 Å². The van der Waals surface area contributed by atoms with Crippen LogP contribution in [0.2, 0.25) is 0 Å². The van der Waals surface area contributed by atoms with Gasteiger partial charge in [-0.05, 0) is 53.5 Å². The van der Waals surface area contributed by atoms with E-state index in [0.717, 1.165) is 11.1 Å². The van der Waals surface area contributed by atoms with Gasteiger partial charge < -0.3 is 4.74 Å². The maximum absolute atomic E-state index is 12.1. The van der Waals surface area contributed by atoms with Crippen LogP contribution in [0.5, 0.6) is 0 Å². The van der Waals surface area contributed by atoms with Crippen molar-refractivity contribution in [1.82, 2.24) is 0 Å². The van der Waals surface area contributed by atoms with E-state index in [1.807, 2.05) is 47.6 Å². The molecule has 0 saturated carbocycles. The lowest BCUT2D eigenvalue weighted by Crippen LogP contribution is -2.34. The molecule has 0 aliphatic rings. The van der Waals surface area contributed by atoms with Crippen LogP contribution in [0.4, 0.5) is 0 Å². The smallest absolute Gasteiger partial charge is 0.338 e. The molecule has 0 unspecified atom stereocenters. The summed E-state index contributed by atoms with van der Waals surface area (Å²) in [4.78, 5) is 12.1. The quantitative estimate of drug-likeness (QED) is 0.415. The van der Waals surface area contributed by atoms with Crippen molar-refractivity contribution in [1.29, 1.82) is 0 Å². The van der Waals surface area contributed by atoms with Gasteiger partial charge in [-0.15, -0.1) is 0 Å². The third-order valence-electron chi connectivity index (χ3n) is 2.94. The standard InChI is InChI=1S/C15H26O2/c1-10(2)9-13(11(3)4)14(16)17-15(7,8)12(5)6/h9,12H,1-8H3. The minimum absolute atomic E-state index is 0.232. The van der Waals surface area contributed by atoms with Gasteiger partial charge in [-0.1, -0.05) is 25.0 Å². The summed E-state index contributed by atoms with van der Waals surface area (Å²) in [5, 5.41) is 0. The first-order valence-corrected chi connectivity index (χ1v) is 6.13. The molecule has 0 heterocycles. The lowest BCUT2D eigenvalue weighted by Gasteiger charge is -2.29. The Morgan fingerprint density at radius 1 is 1.12 bits per heavy atom. The van der Waals surface area contributed by atoms with E-state index in [1.54, 1.807) is 0 Å². The van der Waals surface area contributed by atoms with Crippen molar-refractivity contribution < 1.29 is 9.53 Å². The Morgan fingerprint density at radius 2 is 1.59 bits per heavy atom. The van der Waals surface area contributed by atoms with Gasteiger partial charge in [-0.3, -0.25) is 0 Å². The van der Waals surface area contributed by atoms with Gasteiger partial charge in [0.2, 0.25) is 0 Å². The lowest BCUT2D eigenvalue weighted by atomic mass is 9.94. The van der Waals surface area contributed by atoms with Crippen molar-refractivity contribution in [2.24, 2.45) is 5.92 Å². The summed E-state index contributed by atoms with van der Waals surface area (Å²) in [6.07, 6.45) is 1.88. The summed E-state index contributed by atoms with van der Waals surface area (Å²) in [5.41, 5.74) is 2.31. The van der Waals surface area contributed by atoms with E-state index in [9.17, 15) is 4.79 Å². The van der Waals surface area contributed by atoms with Crippen molar-refractivity contribution >= 4 is 5.97 Å². The van der Waals surface area contributed by atoms with Gasteiger partial charge in [-0.25, -0.2) is 4.79 Å². The van der Waals surface area contributed by atoms with Crippen LogP contribution in [-0.4, -0.2) is 11.6 Å². The van der Waals surface area contributed by atoms with Crippen LogP contribution in [0.1, 0.15) is 55.4 Å². The maximum atomic E-state index is 12.1. The molecule has 2 heteroatoms. The molecule has 0 bridgehead atoms. The molecule has 0 rings (SSSR count). The molecule has 0 atom stereocenters. The van der Waals surface area contributed by atoms with E-state index in [-0.39, 0.29) is 11.9 Å². The SMILES string of the molecule is CC(C)=CC(C(=O)OC(C)(C)C(C)C)=C(C)C. The summed E-state index contributed by atoms with van der Waals surface area (Å²) in [6.45, 7) is 15.8. The van der Waals surface area contributed by atoms with Crippen LogP contribution >= 0.6 is 0 Å².